The molecular weight excluding hydrogens is 284 g/mol. The molecule has 7 heteroatoms. The van der Waals surface area contributed by atoms with E-state index in [1.807, 2.05) is 25.7 Å². The number of carbonyl (C=O) groups is 2. The molecule has 0 unspecified atom stereocenters. The molecule has 0 atom stereocenters. The summed E-state index contributed by atoms with van der Waals surface area (Å²) in [6.07, 6.45) is 1.82. The highest BCUT2D eigenvalue weighted by atomic mass is 16.6. The van der Waals surface area contributed by atoms with E-state index >= 15 is 0 Å². The topological polar surface area (TPSA) is 74.2 Å². The Morgan fingerprint density at radius 3 is 2.50 bits per heavy atom. The number of nitrogens with zero attached hydrogens (tertiary/aromatic N) is 3. The van der Waals surface area contributed by atoms with E-state index in [1.54, 1.807) is 4.90 Å². The molecular formula is C15H26N4O3. The molecule has 2 aliphatic rings. The molecule has 0 aromatic rings. The van der Waals surface area contributed by atoms with Crippen LogP contribution in [0.15, 0.2) is 4.99 Å². The fourth-order valence-corrected chi connectivity index (χ4v) is 2.47. The van der Waals surface area contributed by atoms with Crippen LogP contribution in [0.5, 0.6) is 0 Å². The third-order valence-electron chi connectivity index (χ3n) is 3.57. The molecule has 0 aromatic carbocycles. The highest BCUT2D eigenvalue weighted by molar-refractivity contribution is 5.91. The largest absolute Gasteiger partial charge is 0.444 e. The van der Waals surface area contributed by atoms with E-state index in [2.05, 4.69) is 10.3 Å². The average molecular weight is 310 g/mol. The second-order valence-electron chi connectivity index (χ2n) is 6.67. The number of nitrogens with one attached hydrogen (secondary N) is 1. The molecule has 7 nitrogen and oxygen atoms in total. The molecule has 0 aromatic heterocycles. The van der Waals surface area contributed by atoms with Crippen LogP contribution in [0.3, 0.4) is 0 Å². The Kier molecular flexibility index (Phi) is 5.26. The molecule has 2 amide bonds. The monoisotopic (exact) mass is 310 g/mol. The summed E-state index contributed by atoms with van der Waals surface area (Å²) in [6, 6.07) is 0. The van der Waals surface area contributed by atoms with Gasteiger partial charge in [-0.1, -0.05) is 0 Å². The molecule has 124 valence electrons. The lowest BCUT2D eigenvalue weighted by Gasteiger charge is -2.30. The van der Waals surface area contributed by atoms with Gasteiger partial charge in [-0.25, -0.2) is 4.79 Å². The Hall–Kier alpha value is -1.79. The van der Waals surface area contributed by atoms with Gasteiger partial charge in [0.25, 0.3) is 0 Å². The van der Waals surface area contributed by atoms with Gasteiger partial charge in [-0.05, 0) is 33.6 Å². The lowest BCUT2D eigenvalue weighted by Crippen LogP contribution is -2.49. The molecule has 0 radical (unpaired) electrons. The van der Waals surface area contributed by atoms with Gasteiger partial charge in [0.15, 0.2) is 0 Å². The van der Waals surface area contributed by atoms with E-state index in [4.69, 9.17) is 4.74 Å². The number of likely N-dealkylation sites (tertiary alicyclic amines) is 1. The molecule has 1 fully saturated rings. The summed E-state index contributed by atoms with van der Waals surface area (Å²) in [4.78, 5) is 31.9. The lowest BCUT2D eigenvalue weighted by molar-refractivity contribution is -0.128. The van der Waals surface area contributed by atoms with Gasteiger partial charge in [-0.2, -0.15) is 0 Å². The first-order valence-electron chi connectivity index (χ1n) is 7.88. The van der Waals surface area contributed by atoms with Crippen molar-refractivity contribution in [3.05, 3.63) is 0 Å². The zero-order valence-electron chi connectivity index (χ0n) is 13.7. The Balaban J connectivity index is 1.79. The summed E-state index contributed by atoms with van der Waals surface area (Å²) in [7, 11) is 0. The van der Waals surface area contributed by atoms with E-state index in [1.165, 1.54) is 0 Å². The second-order valence-corrected chi connectivity index (χ2v) is 6.67. The van der Waals surface area contributed by atoms with Crippen LogP contribution in [0.25, 0.3) is 0 Å². The molecule has 0 bridgehead atoms. The first kappa shape index (κ1) is 16.6. The highest BCUT2D eigenvalue weighted by Gasteiger charge is 2.25. The van der Waals surface area contributed by atoms with Crippen molar-refractivity contribution < 1.29 is 14.3 Å². The SMILES string of the molecule is CC(C)(C)OC(=O)N1CCN=C(NCC(=O)N2CCCC2)C1. The van der Waals surface area contributed by atoms with Crippen LogP contribution in [0, 0.1) is 0 Å². The summed E-state index contributed by atoms with van der Waals surface area (Å²) in [5.74, 6) is 0.763. The second kappa shape index (κ2) is 6.98. The van der Waals surface area contributed by atoms with Gasteiger partial charge in [0.05, 0.1) is 19.6 Å². The number of ether oxygens (including phenoxy) is 1. The third kappa shape index (κ3) is 4.89. The maximum atomic E-state index is 12.1. The molecule has 1 N–H and O–H groups in total. The minimum atomic E-state index is -0.509. The number of amidine groups is 1. The predicted octanol–water partition coefficient (Wildman–Crippen LogP) is 0.848. The molecule has 0 saturated carbocycles. The van der Waals surface area contributed by atoms with Crippen LogP contribution in [0.4, 0.5) is 4.79 Å². The Morgan fingerprint density at radius 2 is 1.86 bits per heavy atom. The summed E-state index contributed by atoms with van der Waals surface area (Å²) < 4.78 is 5.36. The summed E-state index contributed by atoms with van der Waals surface area (Å²) in [5, 5.41) is 3.06. The molecule has 22 heavy (non-hydrogen) atoms. The van der Waals surface area contributed by atoms with Crippen molar-refractivity contribution in [1.29, 1.82) is 0 Å². The van der Waals surface area contributed by atoms with Crippen LogP contribution >= 0.6 is 0 Å². The standard InChI is InChI=1S/C15H26N4O3/c1-15(2,3)22-14(21)19-9-6-16-12(11-19)17-10-13(20)18-7-4-5-8-18/h4-11H2,1-3H3,(H,16,17). The zero-order chi connectivity index (χ0) is 16.2. The van der Waals surface area contributed by atoms with E-state index in [9.17, 15) is 9.59 Å². The molecule has 2 heterocycles. The predicted molar refractivity (Wildman–Crippen MR) is 83.9 cm³/mol. The lowest BCUT2D eigenvalue weighted by atomic mass is 10.2. The molecule has 1 saturated heterocycles. The number of carbonyl (C=O) groups excluding carboxylic acids is 2. The van der Waals surface area contributed by atoms with Crippen molar-refractivity contribution in [3.8, 4) is 0 Å². The van der Waals surface area contributed by atoms with Gasteiger partial charge in [0.2, 0.25) is 5.91 Å². The van der Waals surface area contributed by atoms with Crippen molar-refractivity contribution in [2.45, 2.75) is 39.2 Å². The summed E-state index contributed by atoms with van der Waals surface area (Å²) >= 11 is 0. The van der Waals surface area contributed by atoms with Crippen molar-refractivity contribution in [1.82, 2.24) is 15.1 Å². The Morgan fingerprint density at radius 1 is 1.18 bits per heavy atom. The minimum absolute atomic E-state index is 0.0922. The van der Waals surface area contributed by atoms with Gasteiger partial charge in [-0.15, -0.1) is 0 Å². The molecule has 0 spiro atoms. The van der Waals surface area contributed by atoms with Crippen LogP contribution in [0.1, 0.15) is 33.6 Å². The van der Waals surface area contributed by atoms with Gasteiger partial charge in [0, 0.05) is 19.6 Å². The molecule has 2 rings (SSSR count). The van der Waals surface area contributed by atoms with Gasteiger partial charge >= 0.3 is 6.09 Å². The number of rotatable bonds is 2. The van der Waals surface area contributed by atoms with E-state index < -0.39 is 5.60 Å². The number of hydrogen-bond donors (Lipinski definition) is 1. The van der Waals surface area contributed by atoms with Crippen LogP contribution in [0.2, 0.25) is 0 Å². The number of aliphatic imine (C=N–C) groups is 1. The molecule has 0 aliphatic carbocycles. The van der Waals surface area contributed by atoms with Crippen molar-refractivity contribution in [3.63, 3.8) is 0 Å². The van der Waals surface area contributed by atoms with Crippen molar-refractivity contribution in [2.75, 3.05) is 39.3 Å². The van der Waals surface area contributed by atoms with E-state index in [0.29, 0.717) is 25.5 Å². The number of amides is 2. The quantitative estimate of drug-likeness (QED) is 0.820. The van der Waals surface area contributed by atoms with E-state index in [0.717, 1.165) is 25.9 Å². The smallest absolute Gasteiger partial charge is 0.410 e. The van der Waals surface area contributed by atoms with Crippen molar-refractivity contribution >= 4 is 17.8 Å². The maximum Gasteiger partial charge on any atom is 0.410 e. The first-order chi connectivity index (χ1) is 10.3. The van der Waals surface area contributed by atoms with Crippen molar-refractivity contribution in [2.24, 2.45) is 4.99 Å². The van der Waals surface area contributed by atoms with Crippen LogP contribution in [-0.2, 0) is 9.53 Å². The number of hydrogen-bond acceptors (Lipinski definition) is 5. The minimum Gasteiger partial charge on any atom is -0.444 e. The van der Waals surface area contributed by atoms with Crippen LogP contribution in [-0.4, -0.2) is 72.5 Å². The Labute approximate surface area is 131 Å². The normalized spacial score (nSPS) is 19.0. The highest BCUT2D eigenvalue weighted by Crippen LogP contribution is 2.11. The zero-order valence-corrected chi connectivity index (χ0v) is 13.7. The maximum absolute atomic E-state index is 12.1. The third-order valence-corrected chi connectivity index (χ3v) is 3.57. The Bertz CT molecular complexity index is 450. The van der Waals surface area contributed by atoms with E-state index in [-0.39, 0.29) is 18.5 Å². The molecule has 2 aliphatic heterocycles. The summed E-state index contributed by atoms with van der Waals surface area (Å²) in [5.41, 5.74) is -0.509. The van der Waals surface area contributed by atoms with Crippen LogP contribution < -0.4 is 5.32 Å². The summed E-state index contributed by atoms with van der Waals surface area (Å²) in [6.45, 7) is 8.89. The average Bonchev–Trinajstić information content (AvgIpc) is 2.97. The van der Waals surface area contributed by atoms with Gasteiger partial charge in [-0.3, -0.25) is 14.7 Å². The fourth-order valence-electron chi connectivity index (χ4n) is 2.47. The fraction of sp³-hybridized carbons (Fsp3) is 0.800. The van der Waals surface area contributed by atoms with Gasteiger partial charge < -0.3 is 15.0 Å². The first-order valence-corrected chi connectivity index (χ1v) is 7.88. The van der Waals surface area contributed by atoms with Gasteiger partial charge in [0.1, 0.15) is 11.4 Å².